The molecule has 0 fully saturated rings. The highest BCUT2D eigenvalue weighted by molar-refractivity contribution is 9.10. The Morgan fingerprint density at radius 1 is 0.966 bits per heavy atom. The second-order valence-corrected chi connectivity index (χ2v) is 7.87. The largest absolute Gasteiger partial charge is 0.342 e. The van der Waals surface area contributed by atoms with Gasteiger partial charge in [-0.15, -0.1) is 0 Å². The molecule has 0 unspecified atom stereocenters. The number of Topliss-reactive ketones (excluding diaryl/α,β-unsaturated/α-hetero) is 1. The van der Waals surface area contributed by atoms with Crippen molar-refractivity contribution in [3.8, 4) is 6.07 Å². The number of hydrogen-bond acceptors (Lipinski definition) is 2. The van der Waals surface area contributed by atoms with Crippen molar-refractivity contribution in [3.05, 3.63) is 106 Å². The molecule has 0 amide bonds. The highest BCUT2D eigenvalue weighted by atomic mass is 79.9. The molecule has 142 valence electrons. The first-order chi connectivity index (χ1) is 14.2. The molecule has 0 bridgehead atoms. The maximum atomic E-state index is 13.3. The van der Waals surface area contributed by atoms with E-state index in [1.54, 1.807) is 0 Å². The van der Waals surface area contributed by atoms with E-state index >= 15 is 0 Å². The highest BCUT2D eigenvalue weighted by Gasteiger charge is 2.24. The summed E-state index contributed by atoms with van der Waals surface area (Å²) in [6, 6.07) is 28.0. The van der Waals surface area contributed by atoms with Gasteiger partial charge < -0.3 is 4.57 Å². The normalized spacial score (nSPS) is 11.9. The van der Waals surface area contributed by atoms with E-state index in [0.29, 0.717) is 18.5 Å². The average Bonchev–Trinajstić information content (AvgIpc) is 3.12. The van der Waals surface area contributed by atoms with Gasteiger partial charge in [0, 0.05) is 33.7 Å². The van der Waals surface area contributed by atoms with E-state index in [1.165, 1.54) is 0 Å². The molecule has 1 atom stereocenters. The number of para-hydroxylation sites is 1. The number of nitriles is 1. The van der Waals surface area contributed by atoms with Gasteiger partial charge in [0.05, 0.1) is 6.07 Å². The Kier molecular flexibility index (Phi) is 5.59. The van der Waals surface area contributed by atoms with Crippen molar-refractivity contribution in [3.63, 3.8) is 0 Å². The van der Waals surface area contributed by atoms with Gasteiger partial charge in [-0.3, -0.25) is 4.79 Å². The van der Waals surface area contributed by atoms with Gasteiger partial charge in [0.1, 0.15) is 5.92 Å². The molecule has 4 heteroatoms. The topological polar surface area (TPSA) is 45.8 Å². The van der Waals surface area contributed by atoms with Crippen LogP contribution in [0.25, 0.3) is 10.9 Å². The molecule has 0 aliphatic rings. The van der Waals surface area contributed by atoms with Crippen LogP contribution < -0.4 is 0 Å². The first kappa shape index (κ1) is 19.2. The summed E-state index contributed by atoms with van der Waals surface area (Å²) in [4.78, 5) is 13.3. The first-order valence-corrected chi connectivity index (χ1v) is 10.3. The van der Waals surface area contributed by atoms with Gasteiger partial charge in [0.15, 0.2) is 5.78 Å². The highest BCUT2D eigenvalue weighted by Crippen LogP contribution is 2.27. The predicted octanol–water partition coefficient (Wildman–Crippen LogP) is 6.02. The summed E-state index contributed by atoms with van der Waals surface area (Å²) in [5, 5.41) is 10.6. The monoisotopic (exact) mass is 442 g/mol. The molecule has 0 radical (unpaired) electrons. The van der Waals surface area contributed by atoms with Crippen LogP contribution in [0.3, 0.4) is 0 Å². The number of aromatic nitrogens is 1. The molecular formula is C25H19BrN2O. The number of halogens is 1. The van der Waals surface area contributed by atoms with Gasteiger partial charge in [-0.05, 0) is 29.7 Å². The zero-order valence-corrected chi connectivity index (χ0v) is 17.3. The third-order valence-corrected chi connectivity index (χ3v) is 5.88. The van der Waals surface area contributed by atoms with Gasteiger partial charge in [-0.2, -0.15) is 5.26 Å². The lowest BCUT2D eigenvalue weighted by Gasteiger charge is -2.09. The number of hydrogen-bond donors (Lipinski definition) is 0. The summed E-state index contributed by atoms with van der Waals surface area (Å²) in [5.41, 5.74) is 3.73. The molecule has 0 spiro atoms. The van der Waals surface area contributed by atoms with Gasteiger partial charge in [0.2, 0.25) is 0 Å². The number of carbonyl (C=O) groups excluding carboxylic acids is 1. The van der Waals surface area contributed by atoms with Gasteiger partial charge in [0.25, 0.3) is 0 Å². The van der Waals surface area contributed by atoms with E-state index in [0.717, 1.165) is 26.5 Å². The van der Waals surface area contributed by atoms with Crippen molar-refractivity contribution in [2.75, 3.05) is 0 Å². The number of ketones is 1. The Hall–Kier alpha value is -3.16. The second-order valence-electron chi connectivity index (χ2n) is 7.01. The lowest BCUT2D eigenvalue weighted by atomic mass is 9.92. The van der Waals surface area contributed by atoms with E-state index in [9.17, 15) is 10.1 Å². The minimum absolute atomic E-state index is 0.133. The molecule has 3 aromatic carbocycles. The molecule has 0 aliphatic heterocycles. The Bertz CT molecular complexity index is 1200. The fourth-order valence-corrected chi connectivity index (χ4v) is 4.07. The maximum Gasteiger partial charge on any atom is 0.182 e. The zero-order valence-electron chi connectivity index (χ0n) is 15.8. The molecule has 0 saturated carbocycles. The summed E-state index contributed by atoms with van der Waals surface area (Å²) in [6.07, 6.45) is 2.28. The van der Waals surface area contributed by atoms with Crippen LogP contribution in [0, 0.1) is 17.2 Å². The molecule has 29 heavy (non-hydrogen) atoms. The van der Waals surface area contributed by atoms with Crippen LogP contribution in [0.5, 0.6) is 0 Å². The van der Waals surface area contributed by atoms with Crippen LogP contribution in [0.4, 0.5) is 0 Å². The molecule has 1 aromatic heterocycles. The van der Waals surface area contributed by atoms with Gasteiger partial charge in [-0.1, -0.05) is 82.7 Å². The van der Waals surface area contributed by atoms with Crippen LogP contribution in [0.1, 0.15) is 21.5 Å². The number of carbonyl (C=O) groups is 1. The molecule has 0 saturated heterocycles. The maximum absolute atomic E-state index is 13.3. The summed E-state index contributed by atoms with van der Waals surface area (Å²) in [7, 11) is 0. The quantitative estimate of drug-likeness (QED) is 0.342. The molecule has 0 N–H and O–H groups in total. The van der Waals surface area contributed by atoms with E-state index in [2.05, 4.69) is 38.7 Å². The van der Waals surface area contributed by atoms with E-state index in [-0.39, 0.29) is 5.78 Å². The molecule has 4 aromatic rings. The van der Waals surface area contributed by atoms with Crippen LogP contribution in [0.15, 0.2) is 89.5 Å². The average molecular weight is 443 g/mol. The van der Waals surface area contributed by atoms with Crippen molar-refractivity contribution >= 4 is 32.6 Å². The Labute approximate surface area is 178 Å². The smallest absolute Gasteiger partial charge is 0.182 e. The summed E-state index contributed by atoms with van der Waals surface area (Å²) in [5.74, 6) is -0.865. The lowest BCUT2D eigenvalue weighted by molar-refractivity contribution is 0.0949. The molecule has 4 rings (SSSR count). The Morgan fingerprint density at radius 3 is 2.41 bits per heavy atom. The summed E-state index contributed by atoms with van der Waals surface area (Å²) < 4.78 is 3.00. The standard InChI is InChI=1S/C25H19BrN2O/c26-23-12-6-4-10-19(23)14-20(15-27)25(29)22-17-28(16-18-8-2-1-3-9-18)24-13-7-5-11-21(22)24/h1-13,17,20H,14,16H2/t20-/m1/s1. The number of fused-ring (bicyclic) bond motifs is 1. The number of nitrogens with zero attached hydrogens (tertiary/aromatic N) is 2. The minimum Gasteiger partial charge on any atom is -0.342 e. The van der Waals surface area contributed by atoms with E-state index in [4.69, 9.17) is 0 Å². The van der Waals surface area contributed by atoms with Crippen molar-refractivity contribution in [2.45, 2.75) is 13.0 Å². The number of benzene rings is 3. The fraction of sp³-hybridized carbons (Fsp3) is 0.120. The molecular weight excluding hydrogens is 424 g/mol. The van der Waals surface area contributed by atoms with Crippen molar-refractivity contribution in [1.29, 1.82) is 5.26 Å². The Morgan fingerprint density at radius 2 is 1.66 bits per heavy atom. The second kappa shape index (κ2) is 8.46. The van der Waals surface area contributed by atoms with Gasteiger partial charge in [-0.25, -0.2) is 0 Å². The van der Waals surface area contributed by atoms with Crippen LogP contribution in [-0.2, 0) is 13.0 Å². The minimum atomic E-state index is -0.732. The van der Waals surface area contributed by atoms with Gasteiger partial charge >= 0.3 is 0 Å². The summed E-state index contributed by atoms with van der Waals surface area (Å²) in [6.45, 7) is 0.677. The first-order valence-electron chi connectivity index (χ1n) is 9.46. The van der Waals surface area contributed by atoms with Crippen LogP contribution in [-0.4, -0.2) is 10.4 Å². The van der Waals surface area contributed by atoms with Crippen LogP contribution >= 0.6 is 15.9 Å². The van der Waals surface area contributed by atoms with Crippen molar-refractivity contribution in [1.82, 2.24) is 4.57 Å². The molecule has 1 heterocycles. The van der Waals surface area contributed by atoms with Crippen molar-refractivity contribution < 1.29 is 4.79 Å². The third-order valence-electron chi connectivity index (χ3n) is 5.10. The fourth-order valence-electron chi connectivity index (χ4n) is 3.62. The van der Waals surface area contributed by atoms with E-state index in [1.807, 2.05) is 72.9 Å². The molecule has 0 aliphatic carbocycles. The number of rotatable bonds is 6. The third kappa shape index (κ3) is 4.01. The predicted molar refractivity (Wildman–Crippen MR) is 119 cm³/mol. The SMILES string of the molecule is N#C[C@@H](Cc1ccccc1Br)C(=O)c1cn(Cc2ccccc2)c2ccccc12. The molecule has 3 nitrogen and oxygen atoms in total. The van der Waals surface area contributed by atoms with E-state index < -0.39 is 5.92 Å². The lowest BCUT2D eigenvalue weighted by Crippen LogP contribution is -2.16. The Balaban J connectivity index is 1.70. The van der Waals surface area contributed by atoms with Crippen LogP contribution in [0.2, 0.25) is 0 Å². The van der Waals surface area contributed by atoms with Crippen molar-refractivity contribution in [2.24, 2.45) is 5.92 Å². The zero-order chi connectivity index (χ0) is 20.2. The summed E-state index contributed by atoms with van der Waals surface area (Å²) >= 11 is 3.52.